The Kier molecular flexibility index (Phi) is 31.8. The molecule has 23 N–H and O–H groups in total. The molecule has 1 aromatic heterocycles. The first kappa shape index (κ1) is 79.8. The van der Waals surface area contributed by atoms with E-state index in [9.17, 15) is 72.5 Å². The smallest absolute Gasteiger partial charge is 0.303 e. The van der Waals surface area contributed by atoms with Gasteiger partial charge in [-0.1, -0.05) is 64.8 Å². The minimum atomic E-state index is -1.74. The van der Waals surface area contributed by atoms with Gasteiger partial charge in [0.2, 0.25) is 76.8 Å². The molecule has 1 saturated carbocycles. The summed E-state index contributed by atoms with van der Waals surface area (Å²) in [6.07, 6.45) is 6.43. The number of H-pyrrole nitrogens is 1. The Balaban J connectivity index is 1.39. The number of nitrogens with one attached hydrogen (secondary N) is 11. The molecule has 3 heterocycles. The van der Waals surface area contributed by atoms with Crippen LogP contribution in [0.5, 0.6) is 5.75 Å². The molecule has 3 aliphatic rings. The van der Waals surface area contributed by atoms with E-state index in [1.165, 1.54) is 29.2 Å². The number of guanidine groups is 1. The Morgan fingerprint density at radius 1 is 0.703 bits per heavy atom. The van der Waals surface area contributed by atoms with Crippen LogP contribution in [-0.4, -0.2) is 207 Å². The summed E-state index contributed by atoms with van der Waals surface area (Å²) in [6, 6.07) is -2.31. The van der Waals surface area contributed by atoms with Gasteiger partial charge in [-0.05, 0) is 86.6 Å². The first-order valence-corrected chi connectivity index (χ1v) is 35.6. The molecule has 1 aliphatic carbocycles. The lowest BCUT2D eigenvalue weighted by molar-refractivity contribution is -0.139. The number of aliphatic imine (C=N–C) groups is 1. The minimum absolute atomic E-state index is 0.00535. The summed E-state index contributed by atoms with van der Waals surface area (Å²) >= 11 is 0. The Morgan fingerprint density at radius 3 is 2.01 bits per heavy atom. The van der Waals surface area contributed by atoms with Crippen LogP contribution in [0.15, 0.2) is 59.7 Å². The third kappa shape index (κ3) is 25.5. The monoisotopic (exact) mass is 1440 g/mol. The van der Waals surface area contributed by atoms with E-state index in [0.717, 1.165) is 21.6 Å². The number of primary amides is 2. The van der Waals surface area contributed by atoms with Crippen molar-refractivity contribution in [1.82, 2.24) is 63.1 Å². The van der Waals surface area contributed by atoms with Gasteiger partial charge in [-0.3, -0.25) is 72.1 Å². The summed E-state index contributed by atoms with van der Waals surface area (Å²) in [7, 11) is 1.73. The lowest BCUT2D eigenvalue weighted by Gasteiger charge is -2.30. The standard InChI is InChI=1S/C65H90N18O16S2/c1-2-9-41-57(92)75-42(14-7-27-72-65(69)70)56(91)71-28-25-51(86)74-43(20-22-50(67)85)58(93)78-46(31-37-32-73-40-13-6-5-12-39(37)40)61(96)76-44(21-23-53(88)89)59(94)80-47(55(68)90)33-100-101-34-48(62(97)82-54(64(99)77-41)36-10-3-4-11-36)81-60(95)45(30-35-16-18-38(84)19-17-35)79-63(98)49-15-8-29-83(49)52(87)24-26-66/h1,5-6,12-13,16-19,32,36,41-49,54,73,84H,3-4,7-11,14-15,20-31,33-34,66H2,(H2,67,85)(H2,68,90)(H,71,91)(H,74,86)(H,75,92)(H,76,96)(H,77,99)(H,78,93)(H,79,98)(H,80,94)(H,81,95)(H,82,97)(H,88,89)(H4,69,70,72)/t41-,42-,43-,44-,45-,46-,47+,48-,49-,54-/m0/s1. The van der Waals surface area contributed by atoms with Gasteiger partial charge in [0.15, 0.2) is 5.96 Å². The number of aliphatic carboxylic acids is 1. The molecule has 0 unspecified atom stereocenters. The van der Waals surface area contributed by atoms with E-state index in [-0.39, 0.29) is 87.3 Å². The van der Waals surface area contributed by atoms with Gasteiger partial charge >= 0.3 is 5.97 Å². The van der Waals surface area contributed by atoms with Crippen molar-refractivity contribution in [3.8, 4) is 18.1 Å². The number of phenols is 1. The van der Waals surface area contributed by atoms with Crippen LogP contribution in [-0.2, 0) is 80.0 Å². The number of terminal acetylenes is 1. The van der Waals surface area contributed by atoms with Crippen molar-refractivity contribution in [1.29, 1.82) is 0 Å². The Morgan fingerprint density at radius 2 is 1.34 bits per heavy atom. The lowest BCUT2D eigenvalue weighted by atomic mass is 9.96. The number of nitrogens with zero attached hydrogens (tertiary/aromatic N) is 2. The topological polar surface area (TPSA) is 561 Å². The van der Waals surface area contributed by atoms with Gasteiger partial charge in [-0.25, -0.2) is 0 Å². The Labute approximate surface area is 589 Å². The summed E-state index contributed by atoms with van der Waals surface area (Å²) < 4.78 is 0. The molecule has 6 rings (SSSR count). The molecule has 36 heteroatoms. The average Bonchev–Trinajstić information content (AvgIpc) is 1.75. The number of aromatic amines is 1. The van der Waals surface area contributed by atoms with Crippen molar-refractivity contribution < 1.29 is 77.3 Å². The highest BCUT2D eigenvalue weighted by atomic mass is 33.1. The number of amides is 13. The van der Waals surface area contributed by atoms with E-state index in [1.54, 1.807) is 30.5 Å². The zero-order chi connectivity index (χ0) is 73.7. The predicted octanol–water partition coefficient (Wildman–Crippen LogP) is -3.85. The summed E-state index contributed by atoms with van der Waals surface area (Å²) in [5.41, 5.74) is 29.7. The lowest BCUT2D eigenvalue weighted by Crippen LogP contribution is -2.61. The van der Waals surface area contributed by atoms with E-state index >= 15 is 4.79 Å². The number of nitrogens with two attached hydrogens (primary N) is 5. The fourth-order valence-electron chi connectivity index (χ4n) is 11.7. The normalized spacial score (nSPS) is 23.3. The van der Waals surface area contributed by atoms with E-state index in [4.69, 9.17) is 35.1 Å². The Hall–Kier alpha value is -10.1. The molecule has 34 nitrogen and oxygen atoms in total. The summed E-state index contributed by atoms with van der Waals surface area (Å²) in [4.78, 5) is 204. The van der Waals surface area contributed by atoms with Gasteiger partial charge in [0.05, 0.1) is 0 Å². The van der Waals surface area contributed by atoms with Gasteiger partial charge in [0.1, 0.15) is 66.2 Å². The number of likely N-dealkylation sites (tertiary alicyclic amines) is 1. The second-order valence-corrected chi connectivity index (χ2v) is 27.2. The van der Waals surface area contributed by atoms with Gasteiger partial charge in [0, 0.05) is 99.7 Å². The number of benzene rings is 2. The highest BCUT2D eigenvalue weighted by Gasteiger charge is 2.40. The van der Waals surface area contributed by atoms with Crippen LogP contribution >= 0.6 is 21.6 Å². The fourth-order valence-corrected chi connectivity index (χ4v) is 14.1. The second kappa shape index (κ2) is 40.2. The number of para-hydroxylation sites is 1. The molecule has 0 bridgehead atoms. The number of aromatic hydroxyl groups is 1. The maximum absolute atomic E-state index is 15.1. The highest BCUT2D eigenvalue weighted by molar-refractivity contribution is 8.76. The zero-order valence-electron chi connectivity index (χ0n) is 55.6. The average molecular weight is 1440 g/mol. The first-order chi connectivity index (χ1) is 48.2. The predicted molar refractivity (Wildman–Crippen MR) is 372 cm³/mol. The van der Waals surface area contributed by atoms with Gasteiger partial charge in [0.25, 0.3) is 0 Å². The van der Waals surface area contributed by atoms with Crippen LogP contribution in [0.4, 0.5) is 0 Å². The van der Waals surface area contributed by atoms with Crippen molar-refractivity contribution >= 4 is 121 Å². The van der Waals surface area contributed by atoms with Gasteiger partial charge in [-0.2, -0.15) is 0 Å². The fraction of sp³-hybridized carbons (Fsp3) is 0.523. The molecule has 13 amide bonds. The van der Waals surface area contributed by atoms with Crippen LogP contribution < -0.4 is 81.8 Å². The molecule has 0 radical (unpaired) electrons. The SMILES string of the molecule is C#CC[C@@H]1NC(=O)[C@H](C2CCCC2)NC(=O)[C@@H](NC(=O)[C@H](Cc2ccc(O)cc2)NC(=O)[C@@H]2CCCN2C(=O)CCN)CSSC[C@H](C(N)=O)NC(=O)[C@H](CCC(=O)O)NC(=O)[C@H](Cc2c[nH]c3ccccc23)NC(=O)[C@H](CCC(N)=O)NC(=O)CCNC(=O)[C@H](CCCN=C(N)N)NC1=O. The number of carboxylic acid groups (broad SMARTS) is 1. The van der Waals surface area contributed by atoms with E-state index < -0.39 is 188 Å². The number of carboxylic acids is 1. The molecular formula is C65H90N18O16S2. The number of aromatic nitrogens is 1. The molecule has 101 heavy (non-hydrogen) atoms. The highest BCUT2D eigenvalue weighted by Crippen LogP contribution is 2.30. The number of hydrogen-bond acceptors (Lipinski definition) is 19. The third-order valence-corrected chi connectivity index (χ3v) is 19.5. The summed E-state index contributed by atoms with van der Waals surface area (Å²) in [5, 5.41) is 46.6. The molecule has 2 aromatic carbocycles. The van der Waals surface area contributed by atoms with E-state index in [2.05, 4.69) is 69.1 Å². The summed E-state index contributed by atoms with van der Waals surface area (Å²) in [6.45, 7) is -0.168. The van der Waals surface area contributed by atoms with Crippen molar-refractivity contribution in [3.63, 3.8) is 0 Å². The van der Waals surface area contributed by atoms with Crippen molar-refractivity contribution in [2.75, 3.05) is 37.7 Å². The number of fused-ring (bicyclic) bond motifs is 1. The van der Waals surface area contributed by atoms with E-state index in [1.807, 2.05) is 0 Å². The minimum Gasteiger partial charge on any atom is -0.508 e. The van der Waals surface area contributed by atoms with Crippen molar-refractivity contribution in [2.24, 2.45) is 39.6 Å². The molecule has 3 aromatic rings. The largest absolute Gasteiger partial charge is 0.508 e. The Bertz CT molecular complexity index is 3540. The third-order valence-electron chi connectivity index (χ3n) is 17.1. The number of carbonyl (C=O) groups is 14. The first-order valence-electron chi connectivity index (χ1n) is 33.1. The maximum atomic E-state index is 15.1. The van der Waals surface area contributed by atoms with Crippen LogP contribution in [0.3, 0.4) is 0 Å². The van der Waals surface area contributed by atoms with Gasteiger partial charge < -0.3 is 102 Å². The zero-order valence-corrected chi connectivity index (χ0v) is 57.2. The van der Waals surface area contributed by atoms with Crippen LogP contribution in [0, 0.1) is 18.3 Å². The van der Waals surface area contributed by atoms with Crippen molar-refractivity contribution in [2.45, 2.75) is 170 Å². The summed E-state index contributed by atoms with van der Waals surface area (Å²) in [5.74, 6) is -12.4. The molecule has 3 fully saturated rings. The van der Waals surface area contributed by atoms with Crippen molar-refractivity contribution in [3.05, 3.63) is 65.9 Å². The van der Waals surface area contributed by atoms with E-state index in [0.29, 0.717) is 54.1 Å². The number of carbonyl (C=O) groups excluding carboxylic acids is 13. The van der Waals surface area contributed by atoms with Crippen LogP contribution in [0.25, 0.3) is 10.9 Å². The molecular weight excluding hydrogens is 1350 g/mol. The quantitative estimate of drug-likeness (QED) is 0.0142. The number of phenolic OH excluding ortho intramolecular Hbond substituents is 1. The van der Waals surface area contributed by atoms with Crippen LogP contribution in [0.1, 0.15) is 107 Å². The molecule has 10 atom stereocenters. The maximum Gasteiger partial charge on any atom is 0.303 e. The van der Waals surface area contributed by atoms with Gasteiger partial charge in [-0.15, -0.1) is 12.3 Å². The number of hydrogen-bond donors (Lipinski definition) is 18. The molecule has 2 saturated heterocycles. The van der Waals surface area contributed by atoms with Crippen LogP contribution in [0.2, 0.25) is 0 Å². The second-order valence-electron chi connectivity index (χ2n) is 24.6. The number of rotatable bonds is 23. The molecule has 2 aliphatic heterocycles. The molecule has 548 valence electrons. The molecule has 0 spiro atoms.